The normalized spacial score (nSPS) is 32.1. The van der Waals surface area contributed by atoms with Gasteiger partial charge in [0.05, 0.1) is 24.9 Å². The molecule has 7 heteroatoms. The quantitative estimate of drug-likeness (QED) is 0.546. The van der Waals surface area contributed by atoms with Crippen LogP contribution in [0.25, 0.3) is 0 Å². The summed E-state index contributed by atoms with van der Waals surface area (Å²) in [6, 6.07) is 1.61. The number of likely N-dealkylation sites (tertiary alicyclic amines) is 2. The Kier molecular flexibility index (Phi) is 9.03. The molecule has 0 aromatic heterocycles. The van der Waals surface area contributed by atoms with Crippen molar-refractivity contribution in [3.05, 3.63) is 0 Å². The minimum Gasteiger partial charge on any atom is -0.374 e. The smallest absolute Gasteiger partial charge is 0.248 e. The van der Waals surface area contributed by atoms with Crippen LogP contribution < -0.4 is 0 Å². The monoisotopic (exact) mass is 418 g/mol. The Labute approximate surface area is 172 Å². The van der Waals surface area contributed by atoms with Crippen LogP contribution in [-0.2, 0) is 13.8 Å². The molecule has 0 aromatic rings. The van der Waals surface area contributed by atoms with Gasteiger partial charge < -0.3 is 18.7 Å². The molecule has 2 rings (SSSR count). The van der Waals surface area contributed by atoms with Crippen molar-refractivity contribution in [2.45, 2.75) is 110 Å². The third-order valence-corrected chi connectivity index (χ3v) is 7.06. The summed E-state index contributed by atoms with van der Waals surface area (Å²) < 4.78 is 17.9. The zero-order valence-corrected chi connectivity index (χ0v) is 19.9. The minimum absolute atomic E-state index is 0.00927. The summed E-state index contributed by atoms with van der Waals surface area (Å²) in [6.45, 7) is 17.3. The van der Waals surface area contributed by atoms with E-state index in [0.29, 0.717) is 24.7 Å². The molecule has 5 atom stereocenters. The van der Waals surface area contributed by atoms with Crippen LogP contribution in [0.4, 0.5) is 0 Å². The Balaban J connectivity index is 1.89. The third-order valence-electron chi connectivity index (χ3n) is 5.88. The molecule has 1 N–H and O–H groups in total. The van der Waals surface area contributed by atoms with Gasteiger partial charge in [0.1, 0.15) is 0 Å². The Morgan fingerprint density at radius 1 is 0.964 bits per heavy atom. The average molecular weight is 419 g/mol. The van der Waals surface area contributed by atoms with E-state index < -0.39 is 7.57 Å². The van der Waals surface area contributed by atoms with Crippen LogP contribution in [0.3, 0.4) is 0 Å². The van der Waals surface area contributed by atoms with E-state index in [-0.39, 0.29) is 24.4 Å². The average Bonchev–Trinajstić information content (AvgIpc) is 3.16. The molecule has 0 aliphatic carbocycles. The van der Waals surface area contributed by atoms with Crippen LogP contribution in [0, 0.1) is 0 Å². The lowest BCUT2D eigenvalue weighted by atomic mass is 10.1. The first-order valence-corrected chi connectivity index (χ1v) is 12.7. The van der Waals surface area contributed by atoms with Gasteiger partial charge in [-0.25, -0.2) is 0 Å². The molecule has 166 valence electrons. The van der Waals surface area contributed by atoms with E-state index in [1.165, 1.54) is 0 Å². The molecular weight excluding hydrogens is 375 g/mol. The molecule has 2 fully saturated rings. The maximum Gasteiger partial charge on any atom is 0.248 e. The van der Waals surface area contributed by atoms with Crippen LogP contribution in [0.5, 0.6) is 0 Å². The van der Waals surface area contributed by atoms with E-state index in [1.54, 1.807) is 0 Å². The summed E-state index contributed by atoms with van der Waals surface area (Å²) in [5.74, 6) is 0. The first-order chi connectivity index (χ1) is 13.0. The third kappa shape index (κ3) is 6.80. The molecule has 2 aliphatic rings. The number of hydrogen-bond acceptors (Lipinski definition) is 6. The van der Waals surface area contributed by atoms with E-state index in [9.17, 15) is 4.89 Å². The maximum atomic E-state index is 10.7. The van der Waals surface area contributed by atoms with E-state index in [2.05, 4.69) is 64.6 Å². The molecule has 0 bridgehead atoms. The maximum absolute atomic E-state index is 10.7. The van der Waals surface area contributed by atoms with Gasteiger partial charge >= 0.3 is 0 Å². The Hall–Kier alpha value is 0.0600. The predicted octanol–water partition coefficient (Wildman–Crippen LogP) is 3.74. The molecule has 6 nitrogen and oxygen atoms in total. The summed E-state index contributed by atoms with van der Waals surface area (Å²) in [7, 11) is -3.09. The van der Waals surface area contributed by atoms with Crippen molar-refractivity contribution < 1.29 is 18.7 Å². The number of ether oxygens (including phenoxy) is 1. The SMILES string of the molecule is C=P(O)(OCC1CC(OC(C)C)CN1C(C)C)OC1CC(CC)N(C(C)C)C1. The van der Waals surface area contributed by atoms with Gasteiger partial charge in [0, 0.05) is 37.3 Å². The summed E-state index contributed by atoms with van der Waals surface area (Å²) in [5, 5.41) is 0. The van der Waals surface area contributed by atoms with E-state index in [4.69, 9.17) is 13.8 Å². The van der Waals surface area contributed by atoms with Gasteiger partial charge in [-0.3, -0.25) is 9.80 Å². The molecule has 0 amide bonds. The van der Waals surface area contributed by atoms with Crippen molar-refractivity contribution in [2.24, 2.45) is 0 Å². The molecule has 2 aliphatic heterocycles. The lowest BCUT2D eigenvalue weighted by molar-refractivity contribution is 0.0124. The van der Waals surface area contributed by atoms with Gasteiger partial charge in [-0.05, 0) is 67.1 Å². The molecule has 2 saturated heterocycles. The first kappa shape index (κ1) is 24.3. The topological polar surface area (TPSA) is 54.4 Å². The second-order valence-electron chi connectivity index (χ2n) is 9.24. The summed E-state index contributed by atoms with van der Waals surface area (Å²) in [6.07, 6.45) is 7.27. The van der Waals surface area contributed by atoms with E-state index in [1.807, 2.05) is 0 Å². The molecule has 5 unspecified atom stereocenters. The Morgan fingerprint density at radius 2 is 1.50 bits per heavy atom. The zero-order chi connectivity index (χ0) is 21.1. The van der Waals surface area contributed by atoms with Crippen molar-refractivity contribution in [1.82, 2.24) is 9.80 Å². The molecule has 28 heavy (non-hydrogen) atoms. The molecule has 0 radical (unpaired) electrons. The van der Waals surface area contributed by atoms with Crippen LogP contribution in [0.2, 0.25) is 0 Å². The second-order valence-corrected chi connectivity index (χ2v) is 11.0. The van der Waals surface area contributed by atoms with Crippen molar-refractivity contribution >= 4 is 13.9 Å². The van der Waals surface area contributed by atoms with Gasteiger partial charge in [-0.2, -0.15) is 0 Å². The van der Waals surface area contributed by atoms with Crippen molar-refractivity contribution in [3.63, 3.8) is 0 Å². The standard InChI is InChI=1S/C21H43N2O4P/c1-9-18-10-21(13-22(18)15(2)3)27-28(8,24)25-14-19-11-20(26-17(6)7)12-23(19)16(4)5/h15-21,24H,8-14H2,1-7H3. The molecule has 0 aromatic carbocycles. The zero-order valence-electron chi connectivity index (χ0n) is 19.0. The molecule has 0 spiro atoms. The van der Waals surface area contributed by atoms with Crippen LogP contribution in [0.1, 0.15) is 67.7 Å². The highest BCUT2D eigenvalue weighted by atomic mass is 31.2. The largest absolute Gasteiger partial charge is 0.374 e. The van der Waals surface area contributed by atoms with Gasteiger partial charge in [-0.15, -0.1) is 0 Å². The van der Waals surface area contributed by atoms with Gasteiger partial charge in [0.2, 0.25) is 7.57 Å². The Morgan fingerprint density at radius 3 is 2.00 bits per heavy atom. The lowest BCUT2D eigenvalue weighted by Gasteiger charge is -2.30. The van der Waals surface area contributed by atoms with Crippen LogP contribution in [-0.4, -0.2) is 83.2 Å². The molecule has 0 saturated carbocycles. The molecule has 2 heterocycles. The van der Waals surface area contributed by atoms with Gasteiger partial charge in [-0.1, -0.05) is 6.92 Å². The van der Waals surface area contributed by atoms with Crippen molar-refractivity contribution in [2.75, 3.05) is 19.7 Å². The minimum atomic E-state index is -3.09. The lowest BCUT2D eigenvalue weighted by Crippen LogP contribution is -2.38. The highest BCUT2D eigenvalue weighted by Gasteiger charge is 2.38. The number of rotatable bonds is 10. The predicted molar refractivity (Wildman–Crippen MR) is 118 cm³/mol. The first-order valence-electron chi connectivity index (χ1n) is 11.0. The second kappa shape index (κ2) is 10.4. The Bertz CT molecular complexity index is 529. The van der Waals surface area contributed by atoms with Crippen LogP contribution in [0.15, 0.2) is 0 Å². The highest BCUT2D eigenvalue weighted by molar-refractivity contribution is 7.58. The van der Waals surface area contributed by atoms with E-state index >= 15 is 0 Å². The fourth-order valence-electron chi connectivity index (χ4n) is 4.65. The number of nitrogens with zero attached hydrogens (tertiary/aromatic N) is 2. The summed E-state index contributed by atoms with van der Waals surface area (Å²) >= 11 is 0. The van der Waals surface area contributed by atoms with Crippen molar-refractivity contribution in [3.8, 4) is 0 Å². The fourth-order valence-corrected chi connectivity index (χ4v) is 5.74. The van der Waals surface area contributed by atoms with E-state index in [0.717, 1.165) is 32.4 Å². The van der Waals surface area contributed by atoms with Gasteiger partial charge in [0.15, 0.2) is 0 Å². The summed E-state index contributed by atoms with van der Waals surface area (Å²) in [5.41, 5.74) is 0. The van der Waals surface area contributed by atoms with Gasteiger partial charge in [0.25, 0.3) is 0 Å². The van der Waals surface area contributed by atoms with Crippen LogP contribution >= 0.6 is 7.57 Å². The number of hydrogen-bond donors (Lipinski definition) is 1. The fraction of sp³-hybridized carbons (Fsp3) is 0.952. The molecular formula is C21H43N2O4P. The summed E-state index contributed by atoms with van der Waals surface area (Å²) in [4.78, 5) is 15.6. The van der Waals surface area contributed by atoms with Crippen molar-refractivity contribution in [1.29, 1.82) is 0 Å². The highest BCUT2D eigenvalue weighted by Crippen LogP contribution is 2.47.